The molecule has 0 fully saturated rings. The van der Waals surface area contributed by atoms with Gasteiger partial charge in [-0.25, -0.2) is 13.4 Å². The lowest BCUT2D eigenvalue weighted by molar-refractivity contribution is 0.307. The molecule has 0 saturated carbocycles. The fourth-order valence-electron chi connectivity index (χ4n) is 4.09. The van der Waals surface area contributed by atoms with Crippen LogP contribution in [0.3, 0.4) is 0 Å². The Morgan fingerprint density at radius 2 is 1.91 bits per heavy atom. The highest BCUT2D eigenvalue weighted by atomic mass is 32.2. The molecule has 1 aromatic heterocycles. The van der Waals surface area contributed by atoms with Crippen LogP contribution in [0.1, 0.15) is 64.2 Å². The van der Waals surface area contributed by atoms with Crippen LogP contribution in [0.5, 0.6) is 5.75 Å². The average Bonchev–Trinajstić information content (AvgIpc) is 2.73. The zero-order valence-electron chi connectivity index (χ0n) is 19.8. The minimum absolute atomic E-state index is 0.0421. The molecule has 0 aliphatic heterocycles. The second-order valence-electron chi connectivity index (χ2n) is 9.22. The van der Waals surface area contributed by atoms with Crippen LogP contribution in [0, 0.1) is 5.41 Å². The minimum atomic E-state index is -3.07. The zero-order chi connectivity index (χ0) is 23.5. The molecule has 1 aliphatic rings. The van der Waals surface area contributed by atoms with E-state index in [4.69, 9.17) is 9.72 Å². The Morgan fingerprint density at radius 1 is 1.22 bits per heavy atom. The molecule has 0 spiro atoms. The Labute approximate surface area is 191 Å². The van der Waals surface area contributed by atoms with Crippen molar-refractivity contribution in [3.05, 3.63) is 51.7 Å². The first-order valence-electron chi connectivity index (χ1n) is 11.4. The molecule has 2 aromatic rings. The van der Waals surface area contributed by atoms with E-state index >= 15 is 0 Å². The molecular formula is C24H35N3O4S. The van der Waals surface area contributed by atoms with E-state index < -0.39 is 9.84 Å². The molecule has 0 saturated heterocycles. The predicted molar refractivity (Wildman–Crippen MR) is 128 cm³/mol. The van der Waals surface area contributed by atoms with Gasteiger partial charge in [0.1, 0.15) is 11.6 Å². The summed E-state index contributed by atoms with van der Waals surface area (Å²) in [5.41, 5.74) is 2.42. The quantitative estimate of drug-likeness (QED) is 0.617. The van der Waals surface area contributed by atoms with Crippen LogP contribution < -0.4 is 15.6 Å². The molecule has 8 heteroatoms. The van der Waals surface area contributed by atoms with Gasteiger partial charge in [-0.3, -0.25) is 9.36 Å². The average molecular weight is 462 g/mol. The summed E-state index contributed by atoms with van der Waals surface area (Å²) in [6, 6.07) is 7.14. The Morgan fingerprint density at radius 3 is 2.53 bits per heavy atom. The lowest BCUT2D eigenvalue weighted by Gasteiger charge is -2.31. The van der Waals surface area contributed by atoms with Gasteiger partial charge in [-0.1, -0.05) is 20.8 Å². The highest BCUT2D eigenvalue weighted by Crippen LogP contribution is 2.33. The van der Waals surface area contributed by atoms with Crippen molar-refractivity contribution in [2.24, 2.45) is 5.41 Å². The van der Waals surface area contributed by atoms with Crippen molar-refractivity contribution in [1.29, 1.82) is 0 Å². The third kappa shape index (κ3) is 5.59. The number of fused-ring (bicyclic) bond motifs is 1. The maximum absolute atomic E-state index is 13.6. The third-order valence-corrected chi connectivity index (χ3v) is 7.79. The van der Waals surface area contributed by atoms with E-state index in [2.05, 4.69) is 19.2 Å². The Bertz CT molecular complexity index is 1110. The van der Waals surface area contributed by atoms with Crippen molar-refractivity contribution in [3.8, 4) is 11.4 Å². The van der Waals surface area contributed by atoms with Crippen molar-refractivity contribution < 1.29 is 13.2 Å². The molecule has 1 atom stereocenters. The van der Waals surface area contributed by atoms with E-state index in [1.807, 2.05) is 38.1 Å². The second kappa shape index (κ2) is 9.75. The van der Waals surface area contributed by atoms with E-state index in [1.165, 1.54) is 0 Å². The molecule has 0 unspecified atom stereocenters. The molecule has 0 bridgehead atoms. The molecular weight excluding hydrogens is 426 g/mol. The molecule has 1 heterocycles. The van der Waals surface area contributed by atoms with Crippen LogP contribution in [-0.4, -0.2) is 42.6 Å². The van der Waals surface area contributed by atoms with Crippen molar-refractivity contribution in [2.75, 3.05) is 24.7 Å². The largest absolute Gasteiger partial charge is 0.494 e. The van der Waals surface area contributed by atoms with Crippen LogP contribution in [-0.2, 0) is 22.7 Å². The van der Waals surface area contributed by atoms with Gasteiger partial charge in [-0.15, -0.1) is 0 Å². The Kier molecular flexibility index (Phi) is 7.45. The van der Waals surface area contributed by atoms with Gasteiger partial charge >= 0.3 is 0 Å². The number of hydrogen-bond donors (Lipinski definition) is 1. The summed E-state index contributed by atoms with van der Waals surface area (Å²) in [5.74, 6) is 1.52. The summed E-state index contributed by atoms with van der Waals surface area (Å²) in [6.45, 7) is 10.8. The third-order valence-electron chi connectivity index (χ3n) is 6.08. The molecule has 7 nitrogen and oxygen atoms in total. The summed E-state index contributed by atoms with van der Waals surface area (Å²) in [4.78, 5) is 18.6. The van der Waals surface area contributed by atoms with E-state index in [9.17, 15) is 13.2 Å². The lowest BCUT2D eigenvalue weighted by Crippen LogP contribution is -2.37. The number of aromatic nitrogens is 2. The van der Waals surface area contributed by atoms with Crippen molar-refractivity contribution in [3.63, 3.8) is 0 Å². The summed E-state index contributed by atoms with van der Waals surface area (Å²) < 4.78 is 31.0. The number of ether oxygens (including phenoxy) is 1. The maximum atomic E-state index is 13.6. The van der Waals surface area contributed by atoms with Crippen LogP contribution in [0.4, 0.5) is 0 Å². The molecule has 176 valence electrons. The molecule has 0 amide bonds. The molecule has 32 heavy (non-hydrogen) atoms. The number of nitrogens with one attached hydrogen (secondary N) is 1. The van der Waals surface area contributed by atoms with E-state index in [0.717, 1.165) is 35.5 Å². The van der Waals surface area contributed by atoms with Gasteiger partial charge in [0.15, 0.2) is 9.84 Å². The van der Waals surface area contributed by atoms with Crippen molar-refractivity contribution in [2.45, 2.75) is 59.9 Å². The second-order valence-corrected chi connectivity index (χ2v) is 11.7. The first kappa shape index (κ1) is 24.5. The summed E-state index contributed by atoms with van der Waals surface area (Å²) >= 11 is 0. The van der Waals surface area contributed by atoms with E-state index in [-0.39, 0.29) is 28.5 Å². The van der Waals surface area contributed by atoms with Crippen LogP contribution in [0.2, 0.25) is 0 Å². The Hall–Kier alpha value is -2.19. The fourth-order valence-corrected chi connectivity index (χ4v) is 4.80. The number of hydrogen-bond acceptors (Lipinski definition) is 6. The first-order valence-corrected chi connectivity index (χ1v) is 13.2. The Balaban J connectivity index is 2.03. The number of sulfone groups is 1. The molecule has 3 rings (SSSR count). The predicted octanol–water partition coefficient (Wildman–Crippen LogP) is 3.23. The first-order chi connectivity index (χ1) is 15.1. The SMILES string of the molecule is CCOc1ccc(-n2c([C@@H](C)NCCS(=O)(=O)CC)nc3c(c2=O)CCC(C)(C)C3)cc1. The van der Waals surface area contributed by atoms with Gasteiger partial charge in [0.05, 0.1) is 29.8 Å². The van der Waals surface area contributed by atoms with Gasteiger partial charge in [-0.2, -0.15) is 0 Å². The summed E-state index contributed by atoms with van der Waals surface area (Å²) in [5, 5.41) is 3.26. The van der Waals surface area contributed by atoms with Gasteiger partial charge in [-0.05, 0) is 62.8 Å². The van der Waals surface area contributed by atoms with Crippen LogP contribution >= 0.6 is 0 Å². The van der Waals surface area contributed by atoms with Gasteiger partial charge in [0.25, 0.3) is 5.56 Å². The normalized spacial score (nSPS) is 16.4. The smallest absolute Gasteiger partial charge is 0.261 e. The van der Waals surface area contributed by atoms with Gasteiger partial charge in [0, 0.05) is 17.9 Å². The van der Waals surface area contributed by atoms with Crippen LogP contribution in [0.15, 0.2) is 29.1 Å². The highest BCUT2D eigenvalue weighted by Gasteiger charge is 2.30. The highest BCUT2D eigenvalue weighted by molar-refractivity contribution is 7.91. The van der Waals surface area contributed by atoms with Gasteiger partial charge < -0.3 is 10.1 Å². The van der Waals surface area contributed by atoms with Crippen molar-refractivity contribution >= 4 is 9.84 Å². The van der Waals surface area contributed by atoms with Crippen molar-refractivity contribution in [1.82, 2.24) is 14.9 Å². The minimum Gasteiger partial charge on any atom is -0.494 e. The summed E-state index contributed by atoms with van der Waals surface area (Å²) in [7, 11) is -3.07. The number of nitrogens with zero attached hydrogens (tertiary/aromatic N) is 2. The summed E-state index contributed by atoms with van der Waals surface area (Å²) in [6.07, 6.45) is 2.41. The maximum Gasteiger partial charge on any atom is 0.261 e. The molecule has 1 N–H and O–H groups in total. The molecule has 1 aliphatic carbocycles. The molecule has 0 radical (unpaired) electrons. The fraction of sp³-hybridized carbons (Fsp3) is 0.583. The lowest BCUT2D eigenvalue weighted by atomic mass is 9.76. The monoisotopic (exact) mass is 461 g/mol. The van der Waals surface area contributed by atoms with E-state index in [0.29, 0.717) is 25.4 Å². The zero-order valence-corrected chi connectivity index (χ0v) is 20.6. The number of rotatable bonds is 9. The number of benzene rings is 1. The van der Waals surface area contributed by atoms with E-state index in [1.54, 1.807) is 11.5 Å². The van der Waals surface area contributed by atoms with Gasteiger partial charge in [0.2, 0.25) is 0 Å². The standard InChI is InChI=1S/C24H35N3O4S/c1-6-31-19-10-8-18(9-11-19)27-22(17(3)25-14-15-32(29,30)7-2)26-21-16-24(4,5)13-12-20(21)23(27)28/h8-11,17,25H,6-7,12-16H2,1-5H3/t17-/m1/s1. The molecule has 1 aromatic carbocycles. The topological polar surface area (TPSA) is 90.3 Å². The van der Waals surface area contributed by atoms with Crippen LogP contribution in [0.25, 0.3) is 5.69 Å².